The molecular weight excluding hydrogens is 434 g/mol. The number of methoxy groups -OCH3 is 3. The topological polar surface area (TPSA) is 85.3 Å². The summed E-state index contributed by atoms with van der Waals surface area (Å²) in [6.07, 6.45) is 0.638. The van der Waals surface area contributed by atoms with Crippen molar-refractivity contribution < 1.29 is 28.9 Å². The molecule has 1 atom stereocenters. The fourth-order valence-corrected chi connectivity index (χ4v) is 4.31. The number of aliphatic hydroxyl groups is 1. The normalized spacial score (nSPS) is 17.7. The van der Waals surface area contributed by atoms with Crippen LogP contribution >= 0.6 is 0 Å². The van der Waals surface area contributed by atoms with E-state index in [1.165, 1.54) is 26.2 Å². The summed E-state index contributed by atoms with van der Waals surface area (Å²) in [7, 11) is 4.53. The Morgan fingerprint density at radius 2 is 1.68 bits per heavy atom. The predicted octanol–water partition coefficient (Wildman–Crippen LogP) is 4.84. The summed E-state index contributed by atoms with van der Waals surface area (Å²) in [5, 5.41) is 11.5. The zero-order valence-electron chi connectivity index (χ0n) is 20.9. The molecule has 1 saturated heterocycles. The van der Waals surface area contributed by atoms with E-state index in [1.807, 2.05) is 13.0 Å². The third-order valence-corrected chi connectivity index (χ3v) is 6.05. The molecule has 0 spiro atoms. The fraction of sp³-hybridized carbons (Fsp3) is 0.407. The Balaban J connectivity index is 2.35. The number of carbonyl (C=O) groups excluding carboxylic acids is 2. The zero-order valence-corrected chi connectivity index (χ0v) is 20.9. The predicted molar refractivity (Wildman–Crippen MR) is 131 cm³/mol. The maximum absolute atomic E-state index is 13.3. The van der Waals surface area contributed by atoms with Crippen LogP contribution in [0.5, 0.6) is 17.2 Å². The van der Waals surface area contributed by atoms with E-state index in [9.17, 15) is 14.7 Å². The number of rotatable bonds is 7. The highest BCUT2D eigenvalue weighted by Gasteiger charge is 2.47. The molecule has 34 heavy (non-hydrogen) atoms. The number of benzene rings is 2. The van der Waals surface area contributed by atoms with E-state index in [0.29, 0.717) is 41.3 Å². The van der Waals surface area contributed by atoms with E-state index in [4.69, 9.17) is 14.2 Å². The first-order valence-corrected chi connectivity index (χ1v) is 11.3. The van der Waals surface area contributed by atoms with Crippen molar-refractivity contribution in [3.8, 4) is 17.2 Å². The number of Topliss-reactive ketones (excluding diaryl/α,β-unsaturated/α-hetero) is 1. The van der Waals surface area contributed by atoms with Crippen LogP contribution < -0.4 is 14.2 Å². The van der Waals surface area contributed by atoms with E-state index >= 15 is 0 Å². The van der Waals surface area contributed by atoms with Crippen LogP contribution in [-0.4, -0.2) is 49.6 Å². The minimum atomic E-state index is -0.840. The lowest BCUT2D eigenvalue weighted by molar-refractivity contribution is -0.139. The summed E-state index contributed by atoms with van der Waals surface area (Å²) >= 11 is 0. The Morgan fingerprint density at radius 3 is 2.24 bits per heavy atom. The fourth-order valence-electron chi connectivity index (χ4n) is 4.31. The number of amides is 1. The summed E-state index contributed by atoms with van der Waals surface area (Å²) in [6.45, 7) is 8.43. The van der Waals surface area contributed by atoms with Gasteiger partial charge in [0.1, 0.15) is 11.5 Å². The smallest absolute Gasteiger partial charge is 0.295 e. The standard InChI is InChI=1S/C27H33NO6/c1-8-14-28-22(17-10-9-11-20(33-6)25(17)34-7)21(24(30)26(28)31)23(29)18-15-16(27(2,3)4)12-13-19(18)32-5/h9-13,15,22,29H,8,14H2,1-7H3/b23-21+. The molecule has 0 bridgehead atoms. The first kappa shape index (κ1) is 25.1. The SMILES string of the molecule is CCCN1C(=O)C(=O)/C(=C(/O)c2cc(C(C)(C)C)ccc2OC)C1c1cccc(OC)c1OC. The number of carbonyl (C=O) groups is 2. The molecule has 1 aliphatic heterocycles. The van der Waals surface area contributed by atoms with Crippen molar-refractivity contribution in [2.24, 2.45) is 0 Å². The number of hydrogen-bond donors (Lipinski definition) is 1. The van der Waals surface area contributed by atoms with Crippen molar-refractivity contribution in [2.75, 3.05) is 27.9 Å². The summed E-state index contributed by atoms with van der Waals surface area (Å²) in [6, 6.07) is 9.94. The summed E-state index contributed by atoms with van der Waals surface area (Å²) < 4.78 is 16.6. The second-order valence-corrected chi connectivity index (χ2v) is 9.24. The number of nitrogens with zero attached hydrogens (tertiary/aromatic N) is 1. The number of likely N-dealkylation sites (tertiary alicyclic amines) is 1. The van der Waals surface area contributed by atoms with Crippen LogP contribution in [0.4, 0.5) is 0 Å². The molecule has 1 fully saturated rings. The highest BCUT2D eigenvalue weighted by atomic mass is 16.5. The lowest BCUT2D eigenvalue weighted by atomic mass is 9.85. The molecule has 0 saturated carbocycles. The van der Waals surface area contributed by atoms with Gasteiger partial charge in [-0.25, -0.2) is 0 Å². The van der Waals surface area contributed by atoms with Crippen molar-refractivity contribution in [3.63, 3.8) is 0 Å². The molecule has 182 valence electrons. The second kappa shape index (κ2) is 9.79. The van der Waals surface area contributed by atoms with Crippen LogP contribution in [0.2, 0.25) is 0 Å². The molecule has 2 aromatic rings. The van der Waals surface area contributed by atoms with Crippen molar-refractivity contribution in [2.45, 2.75) is 45.6 Å². The molecule has 1 N–H and O–H groups in total. The van der Waals surface area contributed by atoms with Gasteiger partial charge in [-0.15, -0.1) is 0 Å². The molecule has 7 heteroatoms. The summed E-state index contributed by atoms with van der Waals surface area (Å²) in [5.41, 5.74) is 1.66. The maximum atomic E-state index is 13.3. The van der Waals surface area contributed by atoms with Gasteiger partial charge >= 0.3 is 0 Å². The Bertz CT molecular complexity index is 1130. The van der Waals surface area contributed by atoms with Gasteiger partial charge in [-0.3, -0.25) is 9.59 Å². The third-order valence-electron chi connectivity index (χ3n) is 6.05. The highest BCUT2D eigenvalue weighted by molar-refractivity contribution is 6.46. The van der Waals surface area contributed by atoms with E-state index in [1.54, 1.807) is 30.3 Å². The van der Waals surface area contributed by atoms with Crippen molar-refractivity contribution in [1.29, 1.82) is 0 Å². The Hall–Kier alpha value is -3.48. The average molecular weight is 468 g/mol. The summed E-state index contributed by atoms with van der Waals surface area (Å²) in [5.74, 6) is -0.416. The molecule has 2 aromatic carbocycles. The monoisotopic (exact) mass is 467 g/mol. The number of aliphatic hydroxyl groups excluding tert-OH is 1. The molecule has 1 aliphatic rings. The molecule has 3 rings (SSSR count). The Labute approximate surface area is 200 Å². The third kappa shape index (κ3) is 4.34. The van der Waals surface area contributed by atoms with Crippen LogP contribution in [0, 0.1) is 0 Å². The van der Waals surface area contributed by atoms with Crippen LogP contribution in [0.15, 0.2) is 42.0 Å². The van der Waals surface area contributed by atoms with Gasteiger partial charge in [-0.2, -0.15) is 0 Å². The van der Waals surface area contributed by atoms with E-state index < -0.39 is 17.7 Å². The molecule has 1 heterocycles. The molecule has 0 radical (unpaired) electrons. The van der Waals surface area contributed by atoms with Crippen LogP contribution in [0.3, 0.4) is 0 Å². The van der Waals surface area contributed by atoms with Crippen molar-refractivity contribution in [1.82, 2.24) is 4.90 Å². The van der Waals surface area contributed by atoms with Gasteiger partial charge in [0.25, 0.3) is 11.7 Å². The first-order valence-electron chi connectivity index (χ1n) is 11.3. The molecular formula is C27H33NO6. The molecule has 0 aromatic heterocycles. The second-order valence-electron chi connectivity index (χ2n) is 9.24. The quantitative estimate of drug-likeness (QED) is 0.356. The van der Waals surface area contributed by atoms with Crippen LogP contribution in [-0.2, 0) is 15.0 Å². The van der Waals surface area contributed by atoms with Gasteiger partial charge < -0.3 is 24.2 Å². The van der Waals surface area contributed by atoms with Crippen LogP contribution in [0.25, 0.3) is 5.76 Å². The van der Waals surface area contributed by atoms with Gasteiger partial charge in [0, 0.05) is 12.1 Å². The largest absolute Gasteiger partial charge is 0.507 e. The summed E-state index contributed by atoms with van der Waals surface area (Å²) in [4.78, 5) is 27.9. The molecule has 0 aliphatic carbocycles. The van der Waals surface area contributed by atoms with Gasteiger partial charge in [0.05, 0.1) is 38.5 Å². The van der Waals surface area contributed by atoms with Gasteiger partial charge in [-0.05, 0) is 35.6 Å². The average Bonchev–Trinajstić information content (AvgIpc) is 3.07. The van der Waals surface area contributed by atoms with Crippen molar-refractivity contribution >= 4 is 17.4 Å². The van der Waals surface area contributed by atoms with Gasteiger partial charge in [-0.1, -0.05) is 45.9 Å². The zero-order chi connectivity index (χ0) is 25.2. The van der Waals surface area contributed by atoms with Gasteiger partial charge in [0.2, 0.25) is 0 Å². The molecule has 1 unspecified atom stereocenters. The lowest BCUT2D eigenvalue weighted by Crippen LogP contribution is -2.30. The Kier molecular flexibility index (Phi) is 7.24. The highest BCUT2D eigenvalue weighted by Crippen LogP contribution is 2.46. The van der Waals surface area contributed by atoms with Crippen LogP contribution in [0.1, 0.15) is 56.8 Å². The van der Waals surface area contributed by atoms with E-state index in [2.05, 4.69) is 20.8 Å². The lowest BCUT2D eigenvalue weighted by Gasteiger charge is -2.27. The molecule has 1 amide bonds. The minimum absolute atomic E-state index is 0.00522. The number of para-hydroxylation sites is 1. The number of ketones is 1. The minimum Gasteiger partial charge on any atom is -0.507 e. The Morgan fingerprint density at radius 1 is 1.00 bits per heavy atom. The maximum Gasteiger partial charge on any atom is 0.295 e. The molecule has 7 nitrogen and oxygen atoms in total. The van der Waals surface area contributed by atoms with E-state index in [0.717, 1.165) is 5.56 Å². The van der Waals surface area contributed by atoms with Gasteiger partial charge in [0.15, 0.2) is 11.5 Å². The number of hydrogen-bond acceptors (Lipinski definition) is 6. The number of ether oxygens (including phenoxy) is 3. The van der Waals surface area contributed by atoms with Crippen molar-refractivity contribution in [3.05, 3.63) is 58.7 Å². The first-order chi connectivity index (χ1) is 16.1. The van der Waals surface area contributed by atoms with E-state index in [-0.39, 0.29) is 16.7 Å².